The molecule has 2 aliphatic heterocycles. The van der Waals surface area contributed by atoms with E-state index in [1.165, 1.54) is 4.90 Å². The number of fused-ring (bicyclic) bond motifs is 1. The molecule has 0 saturated carbocycles. The summed E-state index contributed by atoms with van der Waals surface area (Å²) < 4.78 is 42.9. The van der Waals surface area contributed by atoms with Gasteiger partial charge in [-0.2, -0.15) is 13.2 Å². The van der Waals surface area contributed by atoms with Crippen LogP contribution in [0.4, 0.5) is 13.2 Å². The van der Waals surface area contributed by atoms with Gasteiger partial charge in [-0.1, -0.05) is 5.57 Å². The quantitative estimate of drug-likeness (QED) is 0.451. The van der Waals surface area contributed by atoms with Crippen molar-refractivity contribution in [1.82, 2.24) is 29.1 Å². The first kappa shape index (κ1) is 29.7. The number of pyridine rings is 1. The van der Waals surface area contributed by atoms with Crippen molar-refractivity contribution < 1.29 is 22.8 Å². The lowest BCUT2D eigenvalue weighted by Crippen LogP contribution is -2.50. The number of aliphatic imine (C=N–C) groups is 1. The second-order valence-corrected chi connectivity index (χ2v) is 11.3. The molecule has 0 spiro atoms. The van der Waals surface area contributed by atoms with Gasteiger partial charge in [0.05, 0.1) is 12.5 Å². The van der Waals surface area contributed by atoms with Gasteiger partial charge < -0.3 is 14.3 Å². The molecule has 3 aromatic rings. The van der Waals surface area contributed by atoms with Gasteiger partial charge in [0, 0.05) is 92.5 Å². The van der Waals surface area contributed by atoms with Crippen LogP contribution in [0.15, 0.2) is 47.4 Å². The van der Waals surface area contributed by atoms with E-state index in [1.807, 2.05) is 63.0 Å². The first-order chi connectivity index (χ1) is 19.8. The minimum Gasteiger partial charge on any atom is -0.351 e. The third-order valence-electron chi connectivity index (χ3n) is 8.30. The Balaban J connectivity index is 1.47. The molecule has 0 bridgehead atoms. The molecular formula is C30H36F3N7O2. The summed E-state index contributed by atoms with van der Waals surface area (Å²) in [5.41, 5.74) is 5.31. The second-order valence-electron chi connectivity index (χ2n) is 11.3. The van der Waals surface area contributed by atoms with E-state index in [0.717, 1.165) is 33.7 Å². The number of hydrogen-bond acceptors (Lipinski definition) is 5. The summed E-state index contributed by atoms with van der Waals surface area (Å²) in [4.78, 5) is 38.2. The molecule has 0 aliphatic carbocycles. The number of nitrogens with zero attached hydrogens (tertiary/aromatic N) is 6. The topological polar surface area (TPSA) is 87.2 Å². The summed E-state index contributed by atoms with van der Waals surface area (Å²) >= 11 is 0. The first-order valence-corrected chi connectivity index (χ1v) is 14.0. The molecule has 5 rings (SSSR count). The minimum absolute atomic E-state index is 0.132. The van der Waals surface area contributed by atoms with E-state index in [9.17, 15) is 22.8 Å². The van der Waals surface area contributed by atoms with Crippen molar-refractivity contribution in [2.75, 3.05) is 39.3 Å². The number of amides is 2. The number of dihydropyridines is 1. The number of halogens is 3. The Morgan fingerprint density at radius 3 is 2.48 bits per heavy atom. The SMILES string of the molecule is CC1=CC(C)=NC(=O)C1CNC(=O)c1cc2cc(-c3nccn3C)cn2c(C(C)N2CCN(CC(F)(F)F)CC2)c1C. The number of alkyl halides is 3. The predicted octanol–water partition coefficient (Wildman–Crippen LogP) is 4.18. The highest BCUT2D eigenvalue weighted by atomic mass is 19.4. The van der Waals surface area contributed by atoms with Crippen molar-refractivity contribution in [3.8, 4) is 11.4 Å². The molecule has 9 nitrogen and oxygen atoms in total. The van der Waals surface area contributed by atoms with Crippen LogP contribution < -0.4 is 5.32 Å². The maximum Gasteiger partial charge on any atom is 0.401 e. The Hall–Kier alpha value is -3.77. The van der Waals surface area contributed by atoms with E-state index in [1.54, 1.807) is 13.1 Å². The molecular weight excluding hydrogens is 547 g/mol. The number of nitrogens with one attached hydrogen (secondary N) is 1. The standard InChI is InChI=1S/C30H36F3N7O2/c1-18-12-19(2)36-29(42)25(18)15-35-28(41)24-14-23-13-22(27-34-6-7-37(27)5)16-40(23)26(20(24)3)21(4)39-10-8-38(9-11-39)17-30(31,32)33/h6-7,12-14,16,21,25H,8-11,15,17H2,1-5H3,(H,35,41). The summed E-state index contributed by atoms with van der Waals surface area (Å²) in [5, 5.41) is 2.94. The number of carbonyl (C=O) groups is 2. The Kier molecular flexibility index (Phi) is 8.13. The fraction of sp³-hybridized carbons (Fsp3) is 0.467. The summed E-state index contributed by atoms with van der Waals surface area (Å²) in [6.45, 7) is 8.32. The Morgan fingerprint density at radius 1 is 1.14 bits per heavy atom. The molecule has 3 aromatic heterocycles. The zero-order valence-electron chi connectivity index (χ0n) is 24.5. The molecule has 1 fully saturated rings. The summed E-state index contributed by atoms with van der Waals surface area (Å²) in [6, 6.07) is 3.63. The zero-order valence-corrected chi connectivity index (χ0v) is 24.5. The monoisotopic (exact) mass is 583 g/mol. The maximum absolute atomic E-state index is 13.6. The van der Waals surface area contributed by atoms with Crippen LogP contribution in [-0.4, -0.2) is 86.7 Å². The molecule has 224 valence electrons. The summed E-state index contributed by atoms with van der Waals surface area (Å²) in [5.74, 6) is -0.317. The molecule has 0 radical (unpaired) electrons. The molecule has 5 heterocycles. The van der Waals surface area contributed by atoms with E-state index in [2.05, 4.69) is 24.6 Å². The number of imidazole rings is 1. The van der Waals surface area contributed by atoms with Crippen LogP contribution in [0.2, 0.25) is 0 Å². The van der Waals surface area contributed by atoms with Crippen LogP contribution in [-0.2, 0) is 11.8 Å². The number of piperazine rings is 1. The van der Waals surface area contributed by atoms with Gasteiger partial charge in [0.1, 0.15) is 5.82 Å². The van der Waals surface area contributed by atoms with Gasteiger partial charge in [0.25, 0.3) is 11.8 Å². The average molecular weight is 584 g/mol. The molecule has 1 N–H and O–H groups in total. The van der Waals surface area contributed by atoms with Crippen LogP contribution in [0.5, 0.6) is 0 Å². The van der Waals surface area contributed by atoms with Crippen molar-refractivity contribution in [3.05, 3.63) is 59.2 Å². The maximum atomic E-state index is 13.6. The van der Waals surface area contributed by atoms with Crippen molar-refractivity contribution in [2.45, 2.75) is 39.9 Å². The fourth-order valence-electron chi connectivity index (χ4n) is 6.07. The van der Waals surface area contributed by atoms with Crippen molar-refractivity contribution in [3.63, 3.8) is 0 Å². The zero-order chi connectivity index (χ0) is 30.3. The van der Waals surface area contributed by atoms with Crippen LogP contribution in [0.25, 0.3) is 16.9 Å². The number of hydrogen-bond donors (Lipinski definition) is 1. The lowest BCUT2D eigenvalue weighted by atomic mass is 9.95. The Labute approximate surface area is 242 Å². The van der Waals surface area contributed by atoms with E-state index >= 15 is 0 Å². The molecule has 2 unspecified atom stereocenters. The minimum atomic E-state index is -4.23. The van der Waals surface area contributed by atoms with Crippen LogP contribution in [0.3, 0.4) is 0 Å². The van der Waals surface area contributed by atoms with Gasteiger partial charge >= 0.3 is 6.18 Å². The normalized spacial score (nSPS) is 19.6. The average Bonchev–Trinajstić information content (AvgIpc) is 3.52. The van der Waals surface area contributed by atoms with Crippen molar-refractivity contribution >= 4 is 23.0 Å². The van der Waals surface area contributed by atoms with Gasteiger partial charge in [-0.3, -0.25) is 19.4 Å². The first-order valence-electron chi connectivity index (χ1n) is 14.0. The number of aryl methyl sites for hydroxylation is 1. The lowest BCUT2D eigenvalue weighted by Gasteiger charge is -2.39. The van der Waals surface area contributed by atoms with Gasteiger partial charge in [-0.05, 0) is 51.5 Å². The number of carbonyl (C=O) groups excluding carboxylic acids is 2. The van der Waals surface area contributed by atoms with Crippen LogP contribution in [0, 0.1) is 12.8 Å². The van der Waals surface area contributed by atoms with E-state index in [0.29, 0.717) is 37.5 Å². The largest absolute Gasteiger partial charge is 0.401 e. The summed E-state index contributed by atoms with van der Waals surface area (Å²) in [6.07, 6.45) is 3.20. The third-order valence-corrected chi connectivity index (χ3v) is 8.30. The predicted molar refractivity (Wildman–Crippen MR) is 155 cm³/mol. The third kappa shape index (κ3) is 6.05. The lowest BCUT2D eigenvalue weighted by molar-refractivity contribution is -0.149. The van der Waals surface area contributed by atoms with Gasteiger partial charge in [0.15, 0.2) is 0 Å². The fourth-order valence-corrected chi connectivity index (χ4v) is 6.07. The highest BCUT2D eigenvalue weighted by Crippen LogP contribution is 2.32. The van der Waals surface area contributed by atoms with E-state index in [4.69, 9.17) is 0 Å². The Morgan fingerprint density at radius 2 is 1.86 bits per heavy atom. The molecule has 2 atom stereocenters. The molecule has 2 aliphatic rings. The summed E-state index contributed by atoms with van der Waals surface area (Å²) in [7, 11) is 1.91. The van der Waals surface area contributed by atoms with Gasteiger partial charge in [-0.15, -0.1) is 0 Å². The van der Waals surface area contributed by atoms with Crippen molar-refractivity contribution in [1.29, 1.82) is 0 Å². The number of rotatable bonds is 7. The smallest absolute Gasteiger partial charge is 0.351 e. The van der Waals surface area contributed by atoms with Gasteiger partial charge in [0.2, 0.25) is 0 Å². The second kappa shape index (κ2) is 11.5. The molecule has 0 aromatic carbocycles. The molecule has 12 heteroatoms. The molecule has 1 saturated heterocycles. The van der Waals surface area contributed by atoms with E-state index in [-0.39, 0.29) is 24.4 Å². The number of aromatic nitrogens is 3. The Bertz CT molecular complexity index is 1580. The highest BCUT2D eigenvalue weighted by molar-refractivity contribution is 6.06. The van der Waals surface area contributed by atoms with Crippen molar-refractivity contribution in [2.24, 2.45) is 18.0 Å². The van der Waals surface area contributed by atoms with E-state index < -0.39 is 18.6 Å². The van der Waals surface area contributed by atoms with Gasteiger partial charge in [-0.25, -0.2) is 9.98 Å². The molecule has 2 amide bonds. The van der Waals surface area contributed by atoms with Crippen LogP contribution in [0.1, 0.15) is 48.4 Å². The van der Waals surface area contributed by atoms with Crippen LogP contribution >= 0.6 is 0 Å². The highest BCUT2D eigenvalue weighted by Gasteiger charge is 2.34. The molecule has 42 heavy (non-hydrogen) atoms. The number of allylic oxidation sites excluding steroid dienone is 1.